The summed E-state index contributed by atoms with van der Waals surface area (Å²) in [5.41, 5.74) is 1.84. The number of hydrogen-bond acceptors (Lipinski definition) is 3. The van der Waals surface area contributed by atoms with Gasteiger partial charge in [-0.15, -0.1) is 0 Å². The quantitative estimate of drug-likeness (QED) is 0.776. The van der Waals surface area contributed by atoms with Gasteiger partial charge in [0.25, 0.3) is 0 Å². The molecule has 0 bridgehead atoms. The van der Waals surface area contributed by atoms with Crippen LogP contribution in [-0.4, -0.2) is 38.2 Å². The lowest BCUT2D eigenvalue weighted by molar-refractivity contribution is 0.161. The molecule has 29 heavy (non-hydrogen) atoms. The van der Waals surface area contributed by atoms with E-state index in [-0.39, 0.29) is 6.03 Å². The number of likely N-dealkylation sites (tertiary alicyclic amines) is 1. The number of nitrogens with one attached hydrogen (secondary N) is 1. The molecule has 0 spiro atoms. The zero-order valence-electron chi connectivity index (χ0n) is 17.9. The van der Waals surface area contributed by atoms with Crippen molar-refractivity contribution >= 4 is 6.03 Å². The number of carbonyl (C=O) groups is 1. The molecule has 0 aromatic heterocycles. The molecule has 1 N–H and O–H groups in total. The van der Waals surface area contributed by atoms with Crippen LogP contribution in [0, 0.1) is 5.92 Å². The van der Waals surface area contributed by atoms with E-state index in [0.29, 0.717) is 17.4 Å². The smallest absolute Gasteiger partial charge is 0.318 e. The minimum atomic E-state index is -0.516. The molecule has 0 atom stereocenters. The summed E-state index contributed by atoms with van der Waals surface area (Å²) in [6.07, 6.45) is 3.17. The first kappa shape index (κ1) is 21.0. The molecule has 3 rings (SSSR count). The summed E-state index contributed by atoms with van der Waals surface area (Å²) in [5.74, 6) is 1.98. The van der Waals surface area contributed by atoms with Gasteiger partial charge in [-0.25, -0.2) is 4.79 Å². The fourth-order valence-electron chi connectivity index (χ4n) is 3.93. The molecule has 156 valence electrons. The van der Waals surface area contributed by atoms with Crippen LogP contribution in [0.4, 0.5) is 4.79 Å². The van der Waals surface area contributed by atoms with Gasteiger partial charge in [-0.1, -0.05) is 36.4 Å². The number of hydrogen-bond donors (Lipinski definition) is 1. The van der Waals surface area contributed by atoms with Gasteiger partial charge in [0.1, 0.15) is 0 Å². The highest BCUT2D eigenvalue weighted by Gasteiger charge is 2.29. The summed E-state index contributed by atoms with van der Waals surface area (Å²) in [5, 5.41) is 3.19. The topological polar surface area (TPSA) is 50.8 Å². The van der Waals surface area contributed by atoms with Crippen LogP contribution in [0.25, 0.3) is 0 Å². The lowest BCUT2D eigenvalue weighted by Crippen LogP contribution is -2.50. The summed E-state index contributed by atoms with van der Waals surface area (Å²) >= 11 is 0. The number of rotatable bonds is 6. The number of carbonyl (C=O) groups excluding carboxylic acids is 1. The van der Waals surface area contributed by atoms with Gasteiger partial charge in [-0.3, -0.25) is 0 Å². The third kappa shape index (κ3) is 5.22. The minimum Gasteiger partial charge on any atom is -0.493 e. The van der Waals surface area contributed by atoms with Gasteiger partial charge in [0.2, 0.25) is 0 Å². The molecule has 1 aliphatic rings. The molecule has 5 nitrogen and oxygen atoms in total. The van der Waals surface area contributed by atoms with E-state index in [1.807, 2.05) is 36.9 Å². The number of methoxy groups -OCH3 is 2. The van der Waals surface area contributed by atoms with Gasteiger partial charge < -0.3 is 19.7 Å². The third-order valence-corrected chi connectivity index (χ3v) is 5.79. The number of nitrogens with zero attached hydrogens (tertiary/aromatic N) is 1. The molecule has 1 saturated heterocycles. The third-order valence-electron chi connectivity index (χ3n) is 5.79. The molecule has 2 aromatic carbocycles. The maximum absolute atomic E-state index is 12.9. The van der Waals surface area contributed by atoms with Crippen LogP contribution in [-0.2, 0) is 12.0 Å². The summed E-state index contributed by atoms with van der Waals surface area (Å²) in [4.78, 5) is 14.8. The second-order valence-corrected chi connectivity index (χ2v) is 8.25. The SMILES string of the molecule is COc1ccc(C(C)(C)NC(=O)N2CCC(Cc3ccccc3)CC2)cc1OC. The summed E-state index contributed by atoms with van der Waals surface area (Å²) in [6.45, 7) is 5.61. The minimum absolute atomic E-state index is 0.0112. The van der Waals surface area contributed by atoms with E-state index in [1.54, 1.807) is 14.2 Å². The monoisotopic (exact) mass is 396 g/mol. The van der Waals surface area contributed by atoms with E-state index in [0.717, 1.165) is 37.9 Å². The summed E-state index contributed by atoms with van der Waals surface area (Å²) in [7, 11) is 3.23. The number of piperidine rings is 1. The van der Waals surface area contributed by atoms with Crippen molar-refractivity contribution < 1.29 is 14.3 Å². The summed E-state index contributed by atoms with van der Waals surface area (Å²) < 4.78 is 10.7. The molecule has 2 aromatic rings. The van der Waals surface area contributed by atoms with Crippen LogP contribution in [0.15, 0.2) is 48.5 Å². The van der Waals surface area contributed by atoms with Crippen LogP contribution < -0.4 is 14.8 Å². The molecular formula is C24H32N2O3. The van der Waals surface area contributed by atoms with E-state index < -0.39 is 5.54 Å². The predicted octanol–water partition coefficient (Wildman–Crippen LogP) is 4.60. The Labute approximate surface area is 174 Å². The Morgan fingerprint density at radius 3 is 2.31 bits per heavy atom. The van der Waals surface area contributed by atoms with E-state index in [9.17, 15) is 4.79 Å². The Morgan fingerprint density at radius 2 is 1.69 bits per heavy atom. The van der Waals surface area contributed by atoms with E-state index in [2.05, 4.69) is 35.6 Å². The zero-order chi connectivity index (χ0) is 20.9. The second-order valence-electron chi connectivity index (χ2n) is 8.25. The van der Waals surface area contributed by atoms with E-state index in [1.165, 1.54) is 5.56 Å². The van der Waals surface area contributed by atoms with Crippen LogP contribution in [0.3, 0.4) is 0 Å². The average molecular weight is 397 g/mol. The van der Waals surface area contributed by atoms with Crippen LogP contribution in [0.5, 0.6) is 11.5 Å². The molecule has 1 fully saturated rings. The maximum Gasteiger partial charge on any atom is 0.318 e. The fourth-order valence-corrected chi connectivity index (χ4v) is 3.93. The molecular weight excluding hydrogens is 364 g/mol. The Balaban J connectivity index is 1.57. The standard InChI is InChI=1S/C24H32N2O3/c1-24(2,20-10-11-21(28-3)22(17-20)29-4)25-23(27)26-14-12-19(13-15-26)16-18-8-6-5-7-9-18/h5-11,17,19H,12-16H2,1-4H3,(H,25,27). The summed E-state index contributed by atoms with van der Waals surface area (Å²) in [6, 6.07) is 16.4. The van der Waals surface area contributed by atoms with Crippen molar-refractivity contribution in [3.05, 3.63) is 59.7 Å². The number of amides is 2. The lowest BCUT2D eigenvalue weighted by Gasteiger charge is -2.35. The first-order valence-electron chi connectivity index (χ1n) is 10.3. The van der Waals surface area contributed by atoms with E-state index in [4.69, 9.17) is 9.47 Å². The van der Waals surface area contributed by atoms with Gasteiger partial charge in [0, 0.05) is 13.1 Å². The molecule has 0 saturated carbocycles. The van der Waals surface area contributed by atoms with Crippen molar-refractivity contribution in [3.8, 4) is 11.5 Å². The Kier molecular flexibility index (Phi) is 6.68. The van der Waals surface area contributed by atoms with Gasteiger partial charge in [0.15, 0.2) is 11.5 Å². The highest BCUT2D eigenvalue weighted by molar-refractivity contribution is 5.75. The first-order chi connectivity index (χ1) is 13.9. The fraction of sp³-hybridized carbons (Fsp3) is 0.458. The molecule has 0 radical (unpaired) electrons. The lowest BCUT2D eigenvalue weighted by atomic mass is 9.90. The van der Waals surface area contributed by atoms with Crippen molar-refractivity contribution in [2.75, 3.05) is 27.3 Å². The van der Waals surface area contributed by atoms with Crippen molar-refractivity contribution in [3.63, 3.8) is 0 Å². The second kappa shape index (κ2) is 9.21. The van der Waals surface area contributed by atoms with Crippen molar-refractivity contribution in [1.29, 1.82) is 0 Å². The van der Waals surface area contributed by atoms with Gasteiger partial charge in [-0.2, -0.15) is 0 Å². The number of urea groups is 1. The Hall–Kier alpha value is -2.69. The van der Waals surface area contributed by atoms with Crippen molar-refractivity contribution in [1.82, 2.24) is 10.2 Å². The van der Waals surface area contributed by atoms with Crippen molar-refractivity contribution in [2.24, 2.45) is 5.92 Å². The van der Waals surface area contributed by atoms with Gasteiger partial charge in [-0.05, 0) is 62.3 Å². The Morgan fingerprint density at radius 1 is 1.03 bits per heavy atom. The van der Waals surface area contributed by atoms with Crippen LogP contribution in [0.2, 0.25) is 0 Å². The predicted molar refractivity (Wildman–Crippen MR) is 116 cm³/mol. The van der Waals surface area contributed by atoms with Gasteiger partial charge in [0.05, 0.1) is 19.8 Å². The molecule has 0 unspecified atom stereocenters. The first-order valence-corrected chi connectivity index (χ1v) is 10.3. The number of ether oxygens (including phenoxy) is 2. The normalized spacial score (nSPS) is 15.1. The zero-order valence-corrected chi connectivity index (χ0v) is 17.9. The molecule has 2 amide bonds. The highest BCUT2D eigenvalue weighted by Crippen LogP contribution is 2.32. The largest absolute Gasteiger partial charge is 0.493 e. The molecule has 1 aliphatic heterocycles. The van der Waals surface area contributed by atoms with Crippen LogP contribution in [0.1, 0.15) is 37.8 Å². The van der Waals surface area contributed by atoms with Crippen LogP contribution >= 0.6 is 0 Å². The molecule has 5 heteroatoms. The van der Waals surface area contributed by atoms with Gasteiger partial charge >= 0.3 is 6.03 Å². The highest BCUT2D eigenvalue weighted by atomic mass is 16.5. The Bertz CT molecular complexity index is 812. The van der Waals surface area contributed by atoms with Crippen molar-refractivity contribution in [2.45, 2.75) is 38.6 Å². The number of benzene rings is 2. The molecule has 1 heterocycles. The average Bonchev–Trinajstić information content (AvgIpc) is 2.74. The van der Waals surface area contributed by atoms with E-state index >= 15 is 0 Å². The maximum atomic E-state index is 12.9. The molecule has 0 aliphatic carbocycles.